The van der Waals surface area contributed by atoms with Crippen LogP contribution in [0, 0.1) is 6.92 Å². The summed E-state index contributed by atoms with van der Waals surface area (Å²) in [5, 5.41) is 18.8. The molecule has 0 radical (unpaired) electrons. The number of aliphatic carboxylic acids is 1. The molecule has 10 nitrogen and oxygen atoms in total. The lowest BCUT2D eigenvalue weighted by atomic mass is 10.2. The first kappa shape index (κ1) is 41.3. The zero-order valence-corrected chi connectivity index (χ0v) is 26.2. The second-order valence-electron chi connectivity index (χ2n) is 8.12. The average molecular weight is 627 g/mol. The third-order valence-electron chi connectivity index (χ3n) is 4.96. The monoisotopic (exact) mass is 626 g/mol. The van der Waals surface area contributed by atoms with Crippen LogP contribution in [0.5, 0.6) is 0 Å². The predicted octanol–water partition coefficient (Wildman–Crippen LogP) is 6.93. The van der Waals surface area contributed by atoms with E-state index in [2.05, 4.69) is 64.4 Å². The number of nitrogens with zero attached hydrogens (tertiary/aromatic N) is 3. The zero-order chi connectivity index (χ0) is 33.9. The number of anilines is 3. The smallest absolute Gasteiger partial charge is 0.330 e. The van der Waals surface area contributed by atoms with Crippen molar-refractivity contribution < 1.29 is 29.3 Å². The molecule has 2 aromatic rings. The normalized spacial score (nSPS) is 11.6. The number of carbonyl (C=O) groups is 3. The van der Waals surface area contributed by atoms with Gasteiger partial charge in [-0.3, -0.25) is 9.59 Å². The number of aliphatic hydroxyl groups is 1. The number of hydrogen-bond donors (Lipinski definition) is 3. The second-order valence-corrected chi connectivity index (χ2v) is 8.38. The van der Waals surface area contributed by atoms with Gasteiger partial charge in [0.1, 0.15) is 12.4 Å². The summed E-state index contributed by atoms with van der Waals surface area (Å²) in [6.45, 7) is 22.7. The summed E-state index contributed by atoms with van der Waals surface area (Å²) >= 11 is 5.05. The van der Waals surface area contributed by atoms with Gasteiger partial charge in [-0.2, -0.15) is 0 Å². The first-order valence-corrected chi connectivity index (χ1v) is 13.8. The van der Waals surface area contributed by atoms with E-state index in [0.29, 0.717) is 17.4 Å². The van der Waals surface area contributed by atoms with Crippen LogP contribution in [0.25, 0.3) is 0 Å². The standard InChI is InChI=1S/C15H14N4O.C5H8O3.C4H5Cl.C4H6.C3H6O2.C2H4/c1-9-6-8-17-14-12(9)18-15(20)11-3-2-7-16-13(11)19(14)10-4-5-10;1-2-5(7)8-4-3-6;1-2-3-4-5;1-3-4-2;1-2-3(4)5;1-2/h2-3,6-8,10H,4-5H2,1H3,(H,18,20);2,6H,1,3-4H2;2-4H,1H2;3-4H,1-2H2;2H2,1H3,(H,4,5);1-2H2. The van der Waals surface area contributed by atoms with Gasteiger partial charge < -0.3 is 25.2 Å². The Hall–Kier alpha value is -4.80. The molecule has 4 rings (SSSR count). The van der Waals surface area contributed by atoms with E-state index in [1.54, 1.807) is 49.7 Å². The molecule has 3 heterocycles. The number of hydrogen-bond acceptors (Lipinski definition) is 8. The van der Waals surface area contributed by atoms with E-state index in [9.17, 15) is 14.4 Å². The highest BCUT2D eigenvalue weighted by molar-refractivity contribution is 6.25. The molecule has 238 valence electrons. The summed E-state index contributed by atoms with van der Waals surface area (Å²) in [5.74, 6) is 0.153. The van der Waals surface area contributed by atoms with E-state index >= 15 is 0 Å². The number of aryl methyl sites for hydroxylation is 1. The van der Waals surface area contributed by atoms with Crippen molar-refractivity contribution in [3.8, 4) is 0 Å². The van der Waals surface area contributed by atoms with Gasteiger partial charge >= 0.3 is 11.9 Å². The molecule has 11 heteroatoms. The van der Waals surface area contributed by atoms with Gasteiger partial charge in [-0.25, -0.2) is 14.8 Å². The number of pyridine rings is 2. The van der Waals surface area contributed by atoms with Gasteiger partial charge in [0.15, 0.2) is 5.82 Å². The summed E-state index contributed by atoms with van der Waals surface area (Å²) in [6.07, 6.45) is 13.6. The van der Waals surface area contributed by atoms with Crippen molar-refractivity contribution in [3.63, 3.8) is 0 Å². The molecular formula is C33H43ClN4O6. The van der Waals surface area contributed by atoms with Crippen molar-refractivity contribution in [1.82, 2.24) is 9.97 Å². The molecule has 1 fully saturated rings. The van der Waals surface area contributed by atoms with E-state index in [1.165, 1.54) is 5.54 Å². The number of carboxylic acids is 1. The highest BCUT2D eigenvalue weighted by Crippen LogP contribution is 2.43. The third-order valence-corrected chi connectivity index (χ3v) is 5.10. The SMILES string of the molecule is C=C.C=CC(=O)OCCO.C=CC=C.C=CC=CCl.CCC(=O)O.Cc1ccnc2c1NC(=O)c1cccnc1N2C1CC1. The van der Waals surface area contributed by atoms with Crippen LogP contribution in [0.15, 0.2) is 106 Å². The molecule has 0 bridgehead atoms. The first-order valence-electron chi connectivity index (χ1n) is 13.4. The molecule has 0 spiro atoms. The Labute approximate surface area is 265 Å². The van der Waals surface area contributed by atoms with Gasteiger partial charge in [-0.15, -0.1) is 13.2 Å². The number of halogens is 1. The molecule has 2 aliphatic rings. The fourth-order valence-electron chi connectivity index (χ4n) is 2.86. The lowest BCUT2D eigenvalue weighted by molar-refractivity contribution is -0.139. The number of carbonyl (C=O) groups excluding carboxylic acids is 2. The molecule has 3 N–H and O–H groups in total. The van der Waals surface area contributed by atoms with Crippen LogP contribution >= 0.6 is 11.6 Å². The summed E-state index contributed by atoms with van der Waals surface area (Å²) < 4.78 is 4.33. The Bertz CT molecular complexity index is 1240. The molecule has 1 saturated carbocycles. The maximum Gasteiger partial charge on any atom is 0.330 e. The molecule has 0 unspecified atom stereocenters. The van der Waals surface area contributed by atoms with E-state index in [-0.39, 0.29) is 25.5 Å². The number of nitrogens with one attached hydrogen (secondary N) is 1. The van der Waals surface area contributed by atoms with E-state index in [0.717, 1.165) is 36.0 Å². The summed E-state index contributed by atoms with van der Waals surface area (Å²) in [6, 6.07) is 5.91. The quantitative estimate of drug-likeness (QED) is 0.129. The van der Waals surface area contributed by atoms with Gasteiger partial charge in [0.2, 0.25) is 0 Å². The first-order chi connectivity index (χ1) is 21.2. The van der Waals surface area contributed by atoms with Gasteiger partial charge in [0.05, 0.1) is 17.9 Å². The minimum atomic E-state index is -0.745. The third kappa shape index (κ3) is 16.6. The van der Waals surface area contributed by atoms with Crippen molar-refractivity contribution in [1.29, 1.82) is 0 Å². The van der Waals surface area contributed by atoms with Crippen molar-refractivity contribution in [2.75, 3.05) is 23.4 Å². The molecular weight excluding hydrogens is 584 g/mol. The molecule has 0 saturated heterocycles. The number of aliphatic hydroxyl groups excluding tert-OH is 1. The Morgan fingerprint density at radius 3 is 2.11 bits per heavy atom. The average Bonchev–Trinajstić information content (AvgIpc) is 3.90. The van der Waals surface area contributed by atoms with Crippen molar-refractivity contribution in [2.24, 2.45) is 0 Å². The molecule has 1 amide bonds. The molecule has 0 aromatic carbocycles. The lowest BCUT2D eigenvalue weighted by Gasteiger charge is -2.23. The van der Waals surface area contributed by atoms with Crippen LogP contribution in [0.3, 0.4) is 0 Å². The predicted molar refractivity (Wildman–Crippen MR) is 179 cm³/mol. The second kappa shape index (κ2) is 25.9. The number of carboxylic acid groups (broad SMARTS) is 1. The van der Waals surface area contributed by atoms with E-state index in [4.69, 9.17) is 21.8 Å². The largest absolute Gasteiger partial charge is 0.481 e. The van der Waals surface area contributed by atoms with Gasteiger partial charge in [-0.1, -0.05) is 69.1 Å². The van der Waals surface area contributed by atoms with Crippen molar-refractivity contribution in [2.45, 2.75) is 39.2 Å². The Kier molecular flexibility index (Phi) is 24.3. The Balaban J connectivity index is 0. The van der Waals surface area contributed by atoms with Gasteiger partial charge in [0, 0.05) is 36.5 Å². The number of ether oxygens (including phenoxy) is 1. The topological polar surface area (TPSA) is 142 Å². The number of esters is 1. The molecule has 1 aliphatic heterocycles. The maximum atomic E-state index is 12.4. The maximum absolute atomic E-state index is 12.4. The van der Waals surface area contributed by atoms with Crippen LogP contribution in [0.4, 0.5) is 17.3 Å². The van der Waals surface area contributed by atoms with Crippen LogP contribution in [0.1, 0.15) is 42.1 Å². The number of allylic oxidation sites excluding steroid dienone is 4. The summed E-state index contributed by atoms with van der Waals surface area (Å²) in [7, 11) is 0. The number of fused-ring (bicyclic) bond motifs is 2. The number of aromatic nitrogens is 2. The van der Waals surface area contributed by atoms with Gasteiger partial charge in [-0.05, 0) is 43.5 Å². The minimum absolute atomic E-state index is 0.0465. The molecule has 2 aromatic heterocycles. The van der Waals surface area contributed by atoms with Crippen LogP contribution in [-0.2, 0) is 14.3 Å². The van der Waals surface area contributed by atoms with Crippen LogP contribution < -0.4 is 10.2 Å². The highest BCUT2D eigenvalue weighted by Gasteiger charge is 2.37. The molecule has 44 heavy (non-hydrogen) atoms. The highest BCUT2D eigenvalue weighted by atomic mass is 35.5. The number of rotatable bonds is 7. The molecule has 1 aliphatic carbocycles. The van der Waals surface area contributed by atoms with Crippen LogP contribution in [0.2, 0.25) is 0 Å². The molecule has 0 atom stereocenters. The zero-order valence-electron chi connectivity index (χ0n) is 25.5. The summed E-state index contributed by atoms with van der Waals surface area (Å²) in [4.78, 5) is 42.9. The Morgan fingerprint density at radius 1 is 1.09 bits per heavy atom. The fourth-order valence-corrected chi connectivity index (χ4v) is 2.97. The fraction of sp³-hybridized carbons (Fsp3) is 0.242. The summed E-state index contributed by atoms with van der Waals surface area (Å²) in [5.41, 5.74) is 3.83. The number of amides is 1. The van der Waals surface area contributed by atoms with Gasteiger partial charge in [0.25, 0.3) is 5.91 Å². The van der Waals surface area contributed by atoms with Crippen molar-refractivity contribution >= 4 is 46.8 Å². The van der Waals surface area contributed by atoms with E-state index < -0.39 is 11.9 Å². The van der Waals surface area contributed by atoms with Crippen LogP contribution in [-0.4, -0.2) is 57.3 Å². The Morgan fingerprint density at radius 2 is 1.68 bits per heavy atom. The minimum Gasteiger partial charge on any atom is -0.481 e. The lowest BCUT2D eigenvalue weighted by Crippen LogP contribution is -2.22. The van der Waals surface area contributed by atoms with E-state index in [1.807, 2.05) is 19.1 Å². The van der Waals surface area contributed by atoms with Crippen molar-refractivity contribution in [3.05, 3.63) is 117 Å².